The molecule has 1 saturated heterocycles. The fraction of sp³-hybridized carbons (Fsp3) is 1.00. The fourth-order valence-corrected chi connectivity index (χ4v) is 0.663. The van der Waals surface area contributed by atoms with E-state index in [2.05, 4.69) is 5.32 Å². The molecule has 1 N–H and O–H groups in total. The molecule has 1 fully saturated rings. The van der Waals surface area contributed by atoms with Crippen molar-refractivity contribution < 1.29 is 4.76 Å². The van der Waals surface area contributed by atoms with Gasteiger partial charge >= 0.3 is 0 Å². The largest absolute Gasteiger partial charge is 0.258 e. The summed E-state index contributed by atoms with van der Waals surface area (Å²) in [5.74, 6) is 0. The molecule has 3 nitrogen and oxygen atoms in total. The molecule has 0 saturated carbocycles. The Morgan fingerprint density at radius 2 is 2.43 bits per heavy atom. The van der Waals surface area contributed by atoms with Crippen molar-refractivity contribution in [1.82, 2.24) is 5.32 Å². The van der Waals surface area contributed by atoms with Crippen LogP contribution in [-0.2, 0) is 0 Å². The van der Waals surface area contributed by atoms with Crippen LogP contribution in [0.15, 0.2) is 0 Å². The SMILES string of the molecule is O=[N+]1CCCNC1. The Morgan fingerprint density at radius 3 is 2.71 bits per heavy atom. The van der Waals surface area contributed by atoms with Gasteiger partial charge in [0.15, 0.2) is 6.54 Å². The third-order valence-electron chi connectivity index (χ3n) is 1.05. The Bertz CT molecular complexity index is 73.8. The molecule has 1 aliphatic heterocycles. The zero-order valence-corrected chi connectivity index (χ0v) is 4.18. The summed E-state index contributed by atoms with van der Waals surface area (Å²) < 4.78 is 1.03. The molecule has 0 unspecified atom stereocenters. The summed E-state index contributed by atoms with van der Waals surface area (Å²) in [6.45, 7) is 2.21. The maximum atomic E-state index is 10.3. The second kappa shape index (κ2) is 2.02. The van der Waals surface area contributed by atoms with Crippen molar-refractivity contribution in [2.75, 3.05) is 19.8 Å². The molecule has 3 heteroatoms. The highest BCUT2D eigenvalue weighted by Gasteiger charge is 2.10. The van der Waals surface area contributed by atoms with Gasteiger partial charge in [-0.05, 0) is 0 Å². The number of nitroso groups, excluding NO2 is 1. The maximum Gasteiger partial charge on any atom is 0.245 e. The van der Waals surface area contributed by atoms with E-state index >= 15 is 0 Å². The Kier molecular flexibility index (Phi) is 1.36. The van der Waals surface area contributed by atoms with Crippen molar-refractivity contribution in [3.8, 4) is 0 Å². The Labute approximate surface area is 42.3 Å². The molecular weight excluding hydrogens is 92.1 g/mol. The van der Waals surface area contributed by atoms with Crippen molar-refractivity contribution in [1.29, 1.82) is 0 Å². The van der Waals surface area contributed by atoms with Gasteiger partial charge < -0.3 is 0 Å². The van der Waals surface area contributed by atoms with Gasteiger partial charge in [-0.1, -0.05) is 0 Å². The predicted octanol–water partition coefficient (Wildman–Crippen LogP) is -0.284. The second-order valence-corrected chi connectivity index (χ2v) is 1.72. The number of rotatable bonds is 0. The molecule has 0 bridgehead atoms. The minimum absolute atomic E-state index is 0.514. The lowest BCUT2D eigenvalue weighted by molar-refractivity contribution is -0.561. The van der Waals surface area contributed by atoms with E-state index in [9.17, 15) is 4.91 Å². The molecule has 0 aromatic rings. The van der Waals surface area contributed by atoms with Crippen LogP contribution in [0.5, 0.6) is 0 Å². The lowest BCUT2D eigenvalue weighted by atomic mass is 10.4. The maximum absolute atomic E-state index is 10.3. The van der Waals surface area contributed by atoms with Crippen LogP contribution < -0.4 is 5.32 Å². The minimum atomic E-state index is 0.514. The van der Waals surface area contributed by atoms with Gasteiger partial charge in [-0.25, -0.2) is 0 Å². The molecule has 0 aromatic carbocycles. The molecule has 1 heterocycles. The number of hydrogen-bond donors (Lipinski definition) is 1. The van der Waals surface area contributed by atoms with E-state index in [0.717, 1.165) is 17.7 Å². The van der Waals surface area contributed by atoms with Crippen LogP contribution in [-0.4, -0.2) is 24.5 Å². The van der Waals surface area contributed by atoms with Crippen LogP contribution >= 0.6 is 0 Å². The normalized spacial score (nSPS) is 22.6. The van der Waals surface area contributed by atoms with Gasteiger partial charge in [0.2, 0.25) is 6.67 Å². The van der Waals surface area contributed by atoms with Crippen molar-refractivity contribution >= 4 is 0 Å². The average molecular weight is 101 g/mol. The molecule has 7 heavy (non-hydrogen) atoms. The summed E-state index contributed by atoms with van der Waals surface area (Å²) in [5.41, 5.74) is 0. The summed E-state index contributed by atoms with van der Waals surface area (Å²) >= 11 is 0. The first-order valence-electron chi connectivity index (χ1n) is 2.52. The monoisotopic (exact) mass is 101 g/mol. The summed E-state index contributed by atoms with van der Waals surface area (Å²) in [5, 5.41) is 2.95. The molecule has 0 radical (unpaired) electrons. The van der Waals surface area contributed by atoms with Crippen molar-refractivity contribution in [3.05, 3.63) is 4.91 Å². The zero-order valence-electron chi connectivity index (χ0n) is 4.18. The van der Waals surface area contributed by atoms with Crippen molar-refractivity contribution in [2.24, 2.45) is 0 Å². The van der Waals surface area contributed by atoms with Crippen LogP contribution in [0.3, 0.4) is 0 Å². The second-order valence-electron chi connectivity index (χ2n) is 1.72. The van der Waals surface area contributed by atoms with Crippen molar-refractivity contribution in [2.45, 2.75) is 6.42 Å². The van der Waals surface area contributed by atoms with Gasteiger partial charge in [-0.15, -0.1) is 0 Å². The number of nitrogens with one attached hydrogen (secondary N) is 1. The molecule has 0 atom stereocenters. The predicted molar refractivity (Wildman–Crippen MR) is 26.0 cm³/mol. The quantitative estimate of drug-likeness (QED) is 0.425. The van der Waals surface area contributed by atoms with Crippen LogP contribution in [0.2, 0.25) is 0 Å². The summed E-state index contributed by atoms with van der Waals surface area (Å²) in [6.07, 6.45) is 0.990. The highest BCUT2D eigenvalue weighted by atomic mass is 16.3. The molecule has 0 aliphatic carbocycles. The van der Waals surface area contributed by atoms with E-state index in [-0.39, 0.29) is 0 Å². The number of nitrogens with zero attached hydrogens (tertiary/aromatic N) is 1. The fourth-order valence-electron chi connectivity index (χ4n) is 0.663. The van der Waals surface area contributed by atoms with Gasteiger partial charge in [0.05, 0.1) is 0 Å². The number of hydrogen-bond acceptors (Lipinski definition) is 2. The van der Waals surface area contributed by atoms with E-state index in [4.69, 9.17) is 0 Å². The van der Waals surface area contributed by atoms with Crippen LogP contribution in [0.25, 0.3) is 0 Å². The third-order valence-corrected chi connectivity index (χ3v) is 1.05. The first-order valence-corrected chi connectivity index (χ1v) is 2.52. The molecule has 40 valence electrons. The molecule has 0 amide bonds. The van der Waals surface area contributed by atoms with Crippen LogP contribution in [0.1, 0.15) is 6.42 Å². The van der Waals surface area contributed by atoms with E-state index in [1.807, 2.05) is 0 Å². The summed E-state index contributed by atoms with van der Waals surface area (Å²) in [7, 11) is 0. The standard InChI is InChI=1S/C4H9N2O/c7-6-3-1-2-5-4-6/h5H,1-4H2/q+1. The van der Waals surface area contributed by atoms with Gasteiger partial charge in [-0.2, -0.15) is 0 Å². The first-order chi connectivity index (χ1) is 3.39. The zero-order chi connectivity index (χ0) is 5.11. The molecule has 1 aliphatic rings. The first kappa shape index (κ1) is 4.71. The topological polar surface area (TPSA) is 32.1 Å². The van der Waals surface area contributed by atoms with E-state index < -0.39 is 0 Å². The van der Waals surface area contributed by atoms with Crippen LogP contribution in [0.4, 0.5) is 0 Å². The lowest BCUT2D eigenvalue weighted by Gasteiger charge is -2.01. The molecule has 0 aromatic heterocycles. The Morgan fingerprint density at radius 1 is 1.57 bits per heavy atom. The Balaban J connectivity index is 2.25. The van der Waals surface area contributed by atoms with E-state index in [1.165, 1.54) is 0 Å². The smallest absolute Gasteiger partial charge is 0.245 e. The van der Waals surface area contributed by atoms with Gasteiger partial charge in [0.25, 0.3) is 0 Å². The van der Waals surface area contributed by atoms with Crippen LogP contribution in [0, 0.1) is 4.91 Å². The Hall–Kier alpha value is -0.440. The minimum Gasteiger partial charge on any atom is -0.258 e. The van der Waals surface area contributed by atoms with Gasteiger partial charge in [-0.3, -0.25) is 5.32 Å². The lowest BCUT2D eigenvalue weighted by Crippen LogP contribution is -2.33. The van der Waals surface area contributed by atoms with Gasteiger partial charge in [0.1, 0.15) is 0 Å². The highest BCUT2D eigenvalue weighted by Crippen LogP contribution is 1.84. The summed E-state index contributed by atoms with van der Waals surface area (Å²) in [4.78, 5) is 10.3. The van der Waals surface area contributed by atoms with E-state index in [1.54, 1.807) is 0 Å². The molecule has 1 rings (SSSR count). The molecule has 0 spiro atoms. The van der Waals surface area contributed by atoms with Crippen molar-refractivity contribution in [3.63, 3.8) is 0 Å². The summed E-state index contributed by atoms with van der Waals surface area (Å²) in [6, 6.07) is 0. The average Bonchev–Trinajstić information content (AvgIpc) is 1.69. The van der Waals surface area contributed by atoms with E-state index in [0.29, 0.717) is 13.2 Å². The molecular formula is C4H9N2O+. The van der Waals surface area contributed by atoms with Gasteiger partial charge in [0, 0.05) is 22.6 Å². The highest BCUT2D eigenvalue weighted by molar-refractivity contribution is 4.43. The third kappa shape index (κ3) is 1.23.